The van der Waals surface area contributed by atoms with E-state index in [1.807, 2.05) is 29.8 Å². The molecule has 0 aliphatic heterocycles. The summed E-state index contributed by atoms with van der Waals surface area (Å²) in [4.78, 5) is 11.8. The maximum Gasteiger partial charge on any atom is 0.360 e. The fourth-order valence-electron chi connectivity index (χ4n) is 2.74. The molecule has 0 bridgehead atoms. The minimum Gasteiger partial charge on any atom is -0.461 e. The van der Waals surface area contributed by atoms with Gasteiger partial charge in [-0.05, 0) is 32.3 Å². The average Bonchev–Trinajstić information content (AvgIpc) is 2.89. The Morgan fingerprint density at radius 1 is 1.30 bits per heavy atom. The summed E-state index contributed by atoms with van der Waals surface area (Å²) in [5.41, 5.74) is 2.24. The van der Waals surface area contributed by atoms with Crippen molar-refractivity contribution in [1.82, 2.24) is 15.0 Å². The van der Waals surface area contributed by atoms with Crippen LogP contribution in [0.25, 0.3) is 0 Å². The number of ether oxygens (including phenoxy) is 2. The predicted octanol–water partition coefficient (Wildman–Crippen LogP) is 2.68. The third kappa shape index (κ3) is 3.42. The first-order valence-electron chi connectivity index (χ1n) is 7.93. The minimum atomic E-state index is -0.410. The highest BCUT2D eigenvalue weighted by molar-refractivity contribution is 5.88. The molecule has 0 amide bonds. The van der Waals surface area contributed by atoms with Crippen molar-refractivity contribution in [1.29, 1.82) is 0 Å². The maximum atomic E-state index is 11.8. The summed E-state index contributed by atoms with van der Waals surface area (Å²) in [6.45, 7) is 4.59. The molecule has 122 valence electrons. The molecule has 1 heterocycles. The van der Waals surface area contributed by atoms with Crippen molar-refractivity contribution >= 4 is 5.97 Å². The number of hydrogen-bond donors (Lipinski definition) is 0. The van der Waals surface area contributed by atoms with Crippen LogP contribution in [0.1, 0.15) is 47.6 Å². The highest BCUT2D eigenvalue weighted by atomic mass is 16.5. The second-order valence-corrected chi connectivity index (χ2v) is 5.73. The third-order valence-electron chi connectivity index (χ3n) is 4.14. The second-order valence-electron chi connectivity index (χ2n) is 5.73. The number of nitrogens with zero attached hydrogens (tertiary/aromatic N) is 3. The molecule has 0 radical (unpaired) electrons. The SMILES string of the molecule is CCOC(=O)c1nnn([C@H]2C[C@@H](OCc3ccccc3)C2)c1C. The van der Waals surface area contributed by atoms with Gasteiger partial charge < -0.3 is 9.47 Å². The Hall–Kier alpha value is -2.21. The second kappa shape index (κ2) is 6.91. The van der Waals surface area contributed by atoms with Gasteiger partial charge in [-0.25, -0.2) is 9.48 Å². The standard InChI is InChI=1S/C17H21N3O3/c1-3-22-17(21)16-12(2)20(19-18-16)14-9-15(10-14)23-11-13-7-5-4-6-8-13/h4-8,14-15H,3,9-11H2,1-2H3/t14-,15+. The Kier molecular flexibility index (Phi) is 4.71. The molecule has 0 unspecified atom stereocenters. The monoisotopic (exact) mass is 315 g/mol. The van der Waals surface area contributed by atoms with Crippen molar-refractivity contribution in [3.63, 3.8) is 0 Å². The van der Waals surface area contributed by atoms with Crippen LogP contribution in [0.3, 0.4) is 0 Å². The first-order chi connectivity index (χ1) is 11.2. The van der Waals surface area contributed by atoms with Crippen molar-refractivity contribution in [3.05, 3.63) is 47.3 Å². The number of benzene rings is 1. The molecule has 2 aromatic rings. The molecule has 6 heteroatoms. The summed E-state index contributed by atoms with van der Waals surface area (Å²) in [6.07, 6.45) is 2.01. The molecule has 0 N–H and O–H groups in total. The summed E-state index contributed by atoms with van der Waals surface area (Å²) in [6, 6.07) is 10.4. The van der Waals surface area contributed by atoms with E-state index in [1.165, 1.54) is 5.56 Å². The molecule has 3 rings (SSSR count). The van der Waals surface area contributed by atoms with Crippen molar-refractivity contribution in [2.75, 3.05) is 6.61 Å². The van der Waals surface area contributed by atoms with E-state index in [2.05, 4.69) is 22.4 Å². The van der Waals surface area contributed by atoms with Crippen LogP contribution in [-0.2, 0) is 16.1 Å². The molecule has 6 nitrogen and oxygen atoms in total. The zero-order valence-corrected chi connectivity index (χ0v) is 13.4. The molecule has 0 atom stereocenters. The highest BCUT2D eigenvalue weighted by Gasteiger charge is 2.34. The molecule has 0 saturated heterocycles. The van der Waals surface area contributed by atoms with Crippen LogP contribution in [0.5, 0.6) is 0 Å². The van der Waals surface area contributed by atoms with Gasteiger partial charge in [-0.2, -0.15) is 0 Å². The quantitative estimate of drug-likeness (QED) is 0.767. The van der Waals surface area contributed by atoms with E-state index in [0.717, 1.165) is 18.5 Å². The Labute approximate surface area is 135 Å². The zero-order chi connectivity index (χ0) is 16.2. The number of rotatable bonds is 6. The molecule has 23 heavy (non-hydrogen) atoms. The van der Waals surface area contributed by atoms with Crippen LogP contribution in [0.2, 0.25) is 0 Å². The maximum absolute atomic E-state index is 11.8. The highest BCUT2D eigenvalue weighted by Crippen LogP contribution is 2.35. The molecule has 1 aliphatic carbocycles. The fraction of sp³-hybridized carbons (Fsp3) is 0.471. The first-order valence-corrected chi connectivity index (χ1v) is 7.93. The van der Waals surface area contributed by atoms with Crippen LogP contribution >= 0.6 is 0 Å². The van der Waals surface area contributed by atoms with Gasteiger partial charge in [0.25, 0.3) is 0 Å². The van der Waals surface area contributed by atoms with E-state index in [0.29, 0.717) is 18.9 Å². The number of carbonyl (C=O) groups is 1. The number of aromatic nitrogens is 3. The molecule has 1 aromatic heterocycles. The van der Waals surface area contributed by atoms with Gasteiger partial charge in [0.1, 0.15) is 0 Å². The van der Waals surface area contributed by atoms with E-state index in [1.54, 1.807) is 6.92 Å². The lowest BCUT2D eigenvalue weighted by atomic mass is 9.89. The predicted molar refractivity (Wildman–Crippen MR) is 84.0 cm³/mol. The summed E-state index contributed by atoms with van der Waals surface area (Å²) in [5, 5.41) is 8.06. The number of esters is 1. The van der Waals surface area contributed by atoms with Crippen LogP contribution in [0.15, 0.2) is 30.3 Å². The number of hydrogen-bond acceptors (Lipinski definition) is 5. The van der Waals surface area contributed by atoms with Gasteiger partial charge in [0.15, 0.2) is 5.69 Å². The van der Waals surface area contributed by atoms with Crippen LogP contribution in [-0.4, -0.2) is 33.7 Å². The van der Waals surface area contributed by atoms with E-state index in [-0.39, 0.29) is 12.1 Å². The summed E-state index contributed by atoms with van der Waals surface area (Å²) >= 11 is 0. The summed E-state index contributed by atoms with van der Waals surface area (Å²) in [5.74, 6) is -0.410. The Morgan fingerprint density at radius 2 is 2.04 bits per heavy atom. The fourth-order valence-corrected chi connectivity index (χ4v) is 2.74. The van der Waals surface area contributed by atoms with Gasteiger partial charge in [-0.3, -0.25) is 0 Å². The van der Waals surface area contributed by atoms with Crippen LogP contribution in [0, 0.1) is 6.92 Å². The summed E-state index contributed by atoms with van der Waals surface area (Å²) < 4.78 is 12.7. The lowest BCUT2D eigenvalue weighted by molar-refractivity contribution is -0.0391. The first kappa shape index (κ1) is 15.7. The Balaban J connectivity index is 1.52. The van der Waals surface area contributed by atoms with Crippen molar-refractivity contribution in [2.45, 2.75) is 45.4 Å². The van der Waals surface area contributed by atoms with Crippen molar-refractivity contribution in [3.8, 4) is 0 Å². The lowest BCUT2D eigenvalue weighted by Gasteiger charge is -2.35. The van der Waals surface area contributed by atoms with Gasteiger partial charge in [-0.15, -0.1) is 5.10 Å². The van der Waals surface area contributed by atoms with E-state index < -0.39 is 5.97 Å². The molecular formula is C17H21N3O3. The van der Waals surface area contributed by atoms with E-state index in [9.17, 15) is 4.79 Å². The van der Waals surface area contributed by atoms with Crippen molar-refractivity contribution in [2.24, 2.45) is 0 Å². The molecule has 1 aliphatic rings. The van der Waals surface area contributed by atoms with Gasteiger partial charge in [0.05, 0.1) is 31.1 Å². The zero-order valence-electron chi connectivity index (χ0n) is 13.4. The molecule has 1 saturated carbocycles. The van der Waals surface area contributed by atoms with Crippen molar-refractivity contribution < 1.29 is 14.3 Å². The smallest absolute Gasteiger partial charge is 0.360 e. The molecule has 1 aromatic carbocycles. The normalized spacial score (nSPS) is 20.1. The molecule has 0 spiro atoms. The van der Waals surface area contributed by atoms with E-state index >= 15 is 0 Å². The third-order valence-corrected chi connectivity index (χ3v) is 4.14. The molecule has 1 fully saturated rings. The summed E-state index contributed by atoms with van der Waals surface area (Å²) in [7, 11) is 0. The van der Waals surface area contributed by atoms with Gasteiger partial charge >= 0.3 is 5.97 Å². The lowest BCUT2D eigenvalue weighted by Crippen LogP contribution is -2.34. The number of carbonyl (C=O) groups excluding carboxylic acids is 1. The van der Waals surface area contributed by atoms with E-state index in [4.69, 9.17) is 9.47 Å². The van der Waals surface area contributed by atoms with Crippen LogP contribution < -0.4 is 0 Å². The largest absolute Gasteiger partial charge is 0.461 e. The topological polar surface area (TPSA) is 66.2 Å². The Morgan fingerprint density at radius 3 is 2.74 bits per heavy atom. The molecular weight excluding hydrogens is 294 g/mol. The van der Waals surface area contributed by atoms with Gasteiger partial charge in [0.2, 0.25) is 0 Å². The van der Waals surface area contributed by atoms with Gasteiger partial charge in [-0.1, -0.05) is 35.5 Å². The Bertz CT molecular complexity index is 663. The minimum absolute atomic E-state index is 0.231. The average molecular weight is 315 g/mol. The van der Waals surface area contributed by atoms with Crippen LogP contribution in [0.4, 0.5) is 0 Å². The van der Waals surface area contributed by atoms with Gasteiger partial charge in [0, 0.05) is 0 Å².